The van der Waals surface area contributed by atoms with E-state index in [1.54, 1.807) is 11.8 Å². The van der Waals surface area contributed by atoms with Crippen LogP contribution >= 0.6 is 33.9 Å². The van der Waals surface area contributed by atoms with Crippen molar-refractivity contribution >= 4 is 45.8 Å². The van der Waals surface area contributed by atoms with E-state index in [4.69, 9.17) is 4.74 Å². The van der Waals surface area contributed by atoms with Gasteiger partial charge in [-0.15, -0.1) is 11.3 Å². The second-order valence-electron chi connectivity index (χ2n) is 4.52. The van der Waals surface area contributed by atoms with Gasteiger partial charge in [-0.1, -0.05) is 13.8 Å². The average Bonchev–Trinajstić information content (AvgIpc) is 2.73. The van der Waals surface area contributed by atoms with Gasteiger partial charge >= 0.3 is 5.97 Å². The quantitative estimate of drug-likeness (QED) is 0.550. The minimum absolute atomic E-state index is 0.0112. The van der Waals surface area contributed by atoms with Gasteiger partial charge in [-0.3, -0.25) is 9.59 Å². The second-order valence-corrected chi connectivity index (χ2v) is 7.33. The highest BCUT2D eigenvalue weighted by atomic mass is 127. The third-order valence-corrected chi connectivity index (χ3v) is 4.10. The third kappa shape index (κ3) is 5.48. The Morgan fingerprint density at radius 1 is 1.47 bits per heavy atom. The molecule has 0 saturated carbocycles. The number of hydrogen-bond donors (Lipinski definition) is 0. The Bertz CT molecular complexity index is 445. The lowest BCUT2D eigenvalue weighted by Gasteiger charge is -2.23. The Hall–Kier alpha value is -0.630. The molecule has 0 radical (unpaired) electrons. The number of nitrogens with zero attached hydrogens (tertiary/aromatic N) is 1. The van der Waals surface area contributed by atoms with Crippen molar-refractivity contribution in [2.75, 3.05) is 19.7 Å². The molecule has 19 heavy (non-hydrogen) atoms. The van der Waals surface area contributed by atoms with Crippen molar-refractivity contribution in [2.45, 2.75) is 20.8 Å². The fraction of sp³-hybridized carbons (Fsp3) is 0.538. The van der Waals surface area contributed by atoms with Crippen LogP contribution in [-0.2, 0) is 9.53 Å². The maximum absolute atomic E-state index is 12.4. The van der Waals surface area contributed by atoms with Crippen molar-refractivity contribution < 1.29 is 14.3 Å². The van der Waals surface area contributed by atoms with E-state index in [2.05, 4.69) is 22.6 Å². The van der Waals surface area contributed by atoms with E-state index in [9.17, 15) is 9.59 Å². The van der Waals surface area contributed by atoms with Gasteiger partial charge in [0, 0.05) is 11.9 Å². The van der Waals surface area contributed by atoms with Gasteiger partial charge in [0.2, 0.25) is 0 Å². The first-order chi connectivity index (χ1) is 8.93. The summed E-state index contributed by atoms with van der Waals surface area (Å²) in [6.07, 6.45) is 0. The first kappa shape index (κ1) is 16.4. The largest absolute Gasteiger partial charge is 0.465 e. The summed E-state index contributed by atoms with van der Waals surface area (Å²) in [4.78, 5) is 25.5. The van der Waals surface area contributed by atoms with Crippen molar-refractivity contribution in [3.63, 3.8) is 0 Å². The van der Waals surface area contributed by atoms with E-state index in [0.717, 1.165) is 2.88 Å². The van der Waals surface area contributed by atoms with Gasteiger partial charge in [0.1, 0.15) is 6.54 Å². The van der Waals surface area contributed by atoms with Crippen LogP contribution in [0.2, 0.25) is 0 Å². The number of amides is 1. The minimum Gasteiger partial charge on any atom is -0.465 e. The van der Waals surface area contributed by atoms with Crippen LogP contribution in [0.25, 0.3) is 0 Å². The summed E-state index contributed by atoms with van der Waals surface area (Å²) < 4.78 is 5.97. The van der Waals surface area contributed by atoms with E-state index in [-0.39, 0.29) is 18.4 Å². The number of carbonyl (C=O) groups is 2. The molecule has 0 unspecified atom stereocenters. The lowest BCUT2D eigenvalue weighted by atomic mass is 10.2. The summed E-state index contributed by atoms with van der Waals surface area (Å²) in [7, 11) is 0. The molecular weight excluding hydrogens is 377 g/mol. The maximum atomic E-state index is 12.4. The van der Waals surface area contributed by atoms with Crippen LogP contribution in [0.1, 0.15) is 31.1 Å². The molecule has 1 amide bonds. The van der Waals surface area contributed by atoms with Crippen LogP contribution in [0.5, 0.6) is 0 Å². The zero-order valence-corrected chi connectivity index (χ0v) is 14.3. The summed E-state index contributed by atoms with van der Waals surface area (Å²) >= 11 is 3.70. The molecule has 1 rings (SSSR count). The number of carbonyl (C=O) groups excluding carboxylic acids is 2. The van der Waals surface area contributed by atoms with E-state index in [0.29, 0.717) is 24.6 Å². The van der Waals surface area contributed by atoms with E-state index in [1.807, 2.05) is 25.3 Å². The number of hydrogen-bond acceptors (Lipinski definition) is 4. The summed E-state index contributed by atoms with van der Waals surface area (Å²) in [5.41, 5.74) is 0.638. The predicted molar refractivity (Wildman–Crippen MR) is 84.4 cm³/mol. The minimum atomic E-state index is -0.360. The van der Waals surface area contributed by atoms with E-state index >= 15 is 0 Å². The SMILES string of the molecule is CCOC(=O)CN(CC(C)C)C(=O)c1csc(I)c1. The van der Waals surface area contributed by atoms with Crippen molar-refractivity contribution in [1.82, 2.24) is 4.90 Å². The highest BCUT2D eigenvalue weighted by Crippen LogP contribution is 2.18. The van der Waals surface area contributed by atoms with E-state index in [1.165, 1.54) is 11.3 Å². The molecule has 4 nitrogen and oxygen atoms in total. The molecule has 0 fully saturated rings. The molecule has 1 heterocycles. The molecule has 0 aromatic carbocycles. The molecule has 1 aromatic heterocycles. The lowest BCUT2D eigenvalue weighted by molar-refractivity contribution is -0.143. The zero-order chi connectivity index (χ0) is 14.4. The smallest absolute Gasteiger partial charge is 0.325 e. The summed E-state index contributed by atoms with van der Waals surface area (Å²) in [6, 6.07) is 1.84. The Morgan fingerprint density at radius 3 is 2.63 bits per heavy atom. The molecule has 0 aliphatic rings. The van der Waals surface area contributed by atoms with Crippen molar-refractivity contribution in [3.8, 4) is 0 Å². The highest BCUT2D eigenvalue weighted by Gasteiger charge is 2.21. The Kier molecular flexibility index (Phi) is 6.78. The number of esters is 1. The topological polar surface area (TPSA) is 46.6 Å². The van der Waals surface area contributed by atoms with Gasteiger partial charge in [0.25, 0.3) is 5.91 Å². The average molecular weight is 395 g/mol. The third-order valence-electron chi connectivity index (χ3n) is 2.31. The molecule has 106 valence electrons. The van der Waals surface area contributed by atoms with Gasteiger partial charge in [-0.2, -0.15) is 0 Å². The molecule has 0 saturated heterocycles. The van der Waals surface area contributed by atoms with Crippen LogP contribution in [0.3, 0.4) is 0 Å². The van der Waals surface area contributed by atoms with Crippen molar-refractivity contribution in [1.29, 1.82) is 0 Å². The second kappa shape index (κ2) is 7.84. The first-order valence-electron chi connectivity index (χ1n) is 6.13. The number of halogens is 1. The van der Waals surface area contributed by atoms with Crippen molar-refractivity contribution in [2.24, 2.45) is 5.92 Å². The zero-order valence-electron chi connectivity index (χ0n) is 11.3. The number of rotatable bonds is 6. The standard InChI is InChI=1S/C13H18INO3S/c1-4-18-12(16)7-15(6-9(2)3)13(17)10-5-11(14)19-8-10/h5,8-9H,4,6-7H2,1-3H3. The fourth-order valence-electron chi connectivity index (χ4n) is 1.63. The lowest BCUT2D eigenvalue weighted by Crippen LogP contribution is -2.38. The predicted octanol–water partition coefficient (Wildman–Crippen LogP) is 3.01. The Labute approximate surface area is 131 Å². The molecule has 0 bridgehead atoms. The normalized spacial score (nSPS) is 10.6. The van der Waals surface area contributed by atoms with Gasteiger partial charge < -0.3 is 9.64 Å². The number of ether oxygens (including phenoxy) is 1. The summed E-state index contributed by atoms with van der Waals surface area (Å²) in [6.45, 7) is 6.68. The molecule has 0 aliphatic carbocycles. The monoisotopic (exact) mass is 395 g/mol. The molecular formula is C13H18INO3S. The van der Waals surface area contributed by atoms with Gasteiger partial charge in [0.15, 0.2) is 0 Å². The molecule has 0 aliphatic heterocycles. The van der Waals surface area contributed by atoms with Crippen LogP contribution in [0, 0.1) is 8.80 Å². The van der Waals surface area contributed by atoms with Crippen LogP contribution in [-0.4, -0.2) is 36.5 Å². The molecule has 6 heteroatoms. The highest BCUT2D eigenvalue weighted by molar-refractivity contribution is 14.1. The molecule has 0 N–H and O–H groups in total. The van der Waals surface area contributed by atoms with Gasteiger partial charge in [0.05, 0.1) is 15.1 Å². The Morgan fingerprint density at radius 2 is 2.16 bits per heavy atom. The van der Waals surface area contributed by atoms with Crippen molar-refractivity contribution in [3.05, 3.63) is 19.9 Å². The first-order valence-corrected chi connectivity index (χ1v) is 8.08. The van der Waals surface area contributed by atoms with Crippen LogP contribution in [0.15, 0.2) is 11.4 Å². The maximum Gasteiger partial charge on any atom is 0.325 e. The van der Waals surface area contributed by atoms with Crippen LogP contribution < -0.4 is 0 Å². The number of thiophene rings is 1. The van der Waals surface area contributed by atoms with E-state index < -0.39 is 0 Å². The van der Waals surface area contributed by atoms with Gasteiger partial charge in [-0.05, 0) is 41.5 Å². The van der Waals surface area contributed by atoms with Crippen LogP contribution in [0.4, 0.5) is 0 Å². The molecule has 1 aromatic rings. The fourth-order valence-corrected chi connectivity index (χ4v) is 2.95. The summed E-state index contributed by atoms with van der Waals surface area (Å²) in [5, 5.41) is 1.82. The molecule has 0 atom stereocenters. The Balaban J connectivity index is 2.78. The molecule has 0 spiro atoms. The van der Waals surface area contributed by atoms with Gasteiger partial charge in [-0.25, -0.2) is 0 Å². The summed E-state index contributed by atoms with van der Waals surface area (Å²) in [5.74, 6) is -0.168.